The number of piperidine rings is 1. The van der Waals surface area contributed by atoms with Crippen molar-refractivity contribution < 1.29 is 0 Å². The average molecular weight is 553 g/mol. The van der Waals surface area contributed by atoms with Gasteiger partial charge in [0, 0.05) is 37.5 Å². The van der Waals surface area contributed by atoms with E-state index in [0.29, 0.717) is 12.0 Å². The Labute approximate surface area is 206 Å². The molecule has 3 aromatic rings. The number of fused-ring (bicyclic) bond motifs is 1. The summed E-state index contributed by atoms with van der Waals surface area (Å²) in [5, 5.41) is 9.21. The lowest BCUT2D eigenvalue weighted by Crippen LogP contribution is -2.45. The Hall–Kier alpha value is -1.65. The highest BCUT2D eigenvalue weighted by Crippen LogP contribution is 2.36. The number of likely N-dealkylation sites (tertiary alicyclic amines) is 1. The summed E-state index contributed by atoms with van der Waals surface area (Å²) in [7, 11) is 4.10. The summed E-state index contributed by atoms with van der Waals surface area (Å²) < 4.78 is 0. The summed E-state index contributed by atoms with van der Waals surface area (Å²) in [6, 6.07) is 13.1. The number of imidazole rings is 1. The molecule has 0 amide bonds. The molecule has 0 aliphatic carbocycles. The number of hydrogen-bond donors (Lipinski definition) is 3. The lowest BCUT2D eigenvalue weighted by molar-refractivity contribution is 0.125. The molecule has 1 aliphatic rings. The maximum absolute atomic E-state index is 4.65. The number of nitrogens with zero attached hydrogens (tertiary/aromatic N) is 3. The summed E-state index contributed by atoms with van der Waals surface area (Å²) in [4.78, 5) is 16.4. The molecule has 0 saturated carbocycles. The molecule has 1 fully saturated rings. The molecule has 1 aromatic carbocycles. The fraction of sp³-hybridized carbons (Fsp3) is 0.478. The van der Waals surface area contributed by atoms with Gasteiger partial charge in [-0.25, -0.2) is 4.98 Å². The zero-order valence-electron chi connectivity index (χ0n) is 18.3. The minimum atomic E-state index is 0. The predicted molar refractivity (Wildman–Crippen MR) is 142 cm³/mol. The number of guanidine groups is 1. The van der Waals surface area contributed by atoms with Crippen molar-refractivity contribution in [2.75, 3.05) is 33.7 Å². The molecule has 0 spiro atoms. The number of para-hydroxylation sites is 2. The highest BCUT2D eigenvalue weighted by molar-refractivity contribution is 14.0. The number of aliphatic imine (C=N–C) groups is 1. The zero-order valence-corrected chi connectivity index (χ0v) is 21.5. The van der Waals surface area contributed by atoms with Crippen LogP contribution in [0.25, 0.3) is 11.0 Å². The van der Waals surface area contributed by atoms with E-state index in [1.165, 1.54) is 24.3 Å². The number of nitrogens with one attached hydrogen (secondary N) is 3. The minimum absolute atomic E-state index is 0. The van der Waals surface area contributed by atoms with Gasteiger partial charge in [0.05, 0.1) is 11.0 Å². The second-order valence-electron chi connectivity index (χ2n) is 8.03. The molecule has 2 aromatic heterocycles. The summed E-state index contributed by atoms with van der Waals surface area (Å²) >= 11 is 1.87. The fourth-order valence-corrected chi connectivity index (χ4v) is 5.40. The van der Waals surface area contributed by atoms with E-state index in [-0.39, 0.29) is 24.0 Å². The lowest BCUT2D eigenvalue weighted by atomic mass is 9.88. The molecule has 2 unspecified atom stereocenters. The van der Waals surface area contributed by atoms with Crippen LogP contribution in [-0.2, 0) is 6.42 Å². The Bertz CT molecular complexity index is 921. The first-order valence-electron chi connectivity index (χ1n) is 10.9. The second kappa shape index (κ2) is 11.8. The summed E-state index contributed by atoms with van der Waals surface area (Å²) in [5.41, 5.74) is 2.14. The van der Waals surface area contributed by atoms with E-state index in [2.05, 4.69) is 61.1 Å². The number of hydrogen-bond acceptors (Lipinski definition) is 4. The predicted octanol–water partition coefficient (Wildman–Crippen LogP) is 4.42. The Balaban J connectivity index is 0.00000272. The molecule has 8 heteroatoms. The Morgan fingerprint density at radius 2 is 2.13 bits per heavy atom. The number of thiophene rings is 1. The molecule has 4 rings (SSSR count). The number of H-pyrrole nitrogens is 1. The quantitative estimate of drug-likeness (QED) is 0.176. The van der Waals surface area contributed by atoms with E-state index in [0.717, 1.165) is 48.7 Å². The first kappa shape index (κ1) is 24.0. The molecule has 0 bridgehead atoms. The van der Waals surface area contributed by atoms with Crippen LogP contribution in [-0.4, -0.2) is 54.6 Å². The van der Waals surface area contributed by atoms with Crippen molar-refractivity contribution in [1.29, 1.82) is 0 Å². The van der Waals surface area contributed by atoms with Gasteiger partial charge in [0.2, 0.25) is 0 Å². The SMILES string of the molecule is CN=C(NCCCc1nc2ccccc2[nH]1)NCC1CCCN(C)C1c1cccs1.I. The number of rotatable bonds is 7. The number of halogens is 1. The van der Waals surface area contributed by atoms with Crippen LogP contribution in [0.3, 0.4) is 0 Å². The van der Waals surface area contributed by atoms with Gasteiger partial charge in [0.15, 0.2) is 5.96 Å². The number of aryl methyl sites for hydroxylation is 1. The van der Waals surface area contributed by atoms with E-state index < -0.39 is 0 Å². The molecular weight excluding hydrogens is 519 g/mol. The van der Waals surface area contributed by atoms with Crippen LogP contribution in [0.15, 0.2) is 46.8 Å². The largest absolute Gasteiger partial charge is 0.356 e. The van der Waals surface area contributed by atoms with Gasteiger partial charge in [0.25, 0.3) is 0 Å². The van der Waals surface area contributed by atoms with Crippen molar-refractivity contribution in [2.24, 2.45) is 10.9 Å². The molecule has 1 saturated heterocycles. The van der Waals surface area contributed by atoms with Crippen LogP contribution in [0.2, 0.25) is 0 Å². The van der Waals surface area contributed by atoms with Gasteiger partial charge < -0.3 is 15.6 Å². The van der Waals surface area contributed by atoms with Crippen LogP contribution in [0, 0.1) is 5.92 Å². The van der Waals surface area contributed by atoms with E-state index >= 15 is 0 Å². The molecule has 3 N–H and O–H groups in total. The van der Waals surface area contributed by atoms with E-state index in [1.807, 2.05) is 36.6 Å². The van der Waals surface area contributed by atoms with Crippen LogP contribution in [0.4, 0.5) is 0 Å². The third kappa shape index (κ3) is 6.20. The molecule has 168 valence electrons. The summed E-state index contributed by atoms with van der Waals surface area (Å²) in [5.74, 6) is 2.53. The van der Waals surface area contributed by atoms with E-state index in [9.17, 15) is 0 Å². The molecule has 1 aliphatic heterocycles. The van der Waals surface area contributed by atoms with Gasteiger partial charge in [-0.1, -0.05) is 18.2 Å². The van der Waals surface area contributed by atoms with Crippen LogP contribution >= 0.6 is 35.3 Å². The minimum Gasteiger partial charge on any atom is -0.356 e. The van der Waals surface area contributed by atoms with Crippen molar-refractivity contribution in [3.8, 4) is 0 Å². The van der Waals surface area contributed by atoms with Crippen molar-refractivity contribution in [3.05, 3.63) is 52.5 Å². The van der Waals surface area contributed by atoms with Crippen molar-refractivity contribution >= 4 is 52.3 Å². The average Bonchev–Trinajstić information content (AvgIpc) is 3.43. The first-order chi connectivity index (χ1) is 14.7. The van der Waals surface area contributed by atoms with E-state index in [4.69, 9.17) is 0 Å². The molecule has 0 radical (unpaired) electrons. The van der Waals surface area contributed by atoms with Crippen molar-refractivity contribution in [1.82, 2.24) is 25.5 Å². The third-order valence-electron chi connectivity index (χ3n) is 5.92. The monoisotopic (exact) mass is 552 g/mol. The maximum Gasteiger partial charge on any atom is 0.190 e. The van der Waals surface area contributed by atoms with Gasteiger partial charge in [-0.15, -0.1) is 35.3 Å². The van der Waals surface area contributed by atoms with Crippen LogP contribution in [0.5, 0.6) is 0 Å². The molecule has 31 heavy (non-hydrogen) atoms. The van der Waals surface area contributed by atoms with Gasteiger partial charge in [-0.3, -0.25) is 9.89 Å². The highest BCUT2D eigenvalue weighted by atomic mass is 127. The summed E-state index contributed by atoms with van der Waals surface area (Å²) in [6.45, 7) is 2.99. The Morgan fingerprint density at radius 3 is 2.90 bits per heavy atom. The van der Waals surface area contributed by atoms with Gasteiger partial charge in [-0.05, 0) is 62.4 Å². The molecule has 2 atom stereocenters. The lowest BCUT2D eigenvalue weighted by Gasteiger charge is -2.39. The Morgan fingerprint density at radius 1 is 1.26 bits per heavy atom. The van der Waals surface area contributed by atoms with Gasteiger partial charge in [-0.2, -0.15) is 0 Å². The summed E-state index contributed by atoms with van der Waals surface area (Å²) in [6.07, 6.45) is 4.44. The smallest absolute Gasteiger partial charge is 0.190 e. The number of aromatic amines is 1. The molecule has 3 heterocycles. The normalized spacial score (nSPS) is 19.9. The molecular formula is C23H33IN6S. The number of aromatic nitrogens is 2. The van der Waals surface area contributed by atoms with Crippen molar-refractivity contribution in [3.63, 3.8) is 0 Å². The maximum atomic E-state index is 4.65. The second-order valence-corrected chi connectivity index (χ2v) is 9.01. The van der Waals surface area contributed by atoms with Gasteiger partial charge in [0.1, 0.15) is 5.82 Å². The van der Waals surface area contributed by atoms with E-state index in [1.54, 1.807) is 0 Å². The number of benzene rings is 1. The van der Waals surface area contributed by atoms with Crippen LogP contribution < -0.4 is 10.6 Å². The molecule has 6 nitrogen and oxygen atoms in total. The third-order valence-corrected chi connectivity index (χ3v) is 6.86. The standard InChI is InChI=1S/C23H32N6S.HI/c1-24-23(25-13-5-12-21-27-18-9-3-4-10-19(18)28-21)26-16-17-8-6-14-29(2)22(17)20-11-7-15-30-20;/h3-4,7,9-11,15,17,22H,5-6,8,12-14,16H2,1-2H3,(H,27,28)(H2,24,25,26);1H. The van der Waals surface area contributed by atoms with Crippen LogP contribution in [0.1, 0.15) is 36.0 Å². The fourth-order valence-electron chi connectivity index (χ4n) is 4.42. The zero-order chi connectivity index (χ0) is 20.8. The first-order valence-corrected chi connectivity index (χ1v) is 11.7. The Kier molecular flexibility index (Phi) is 9.15. The topological polar surface area (TPSA) is 68.3 Å². The van der Waals surface area contributed by atoms with Gasteiger partial charge >= 0.3 is 0 Å². The van der Waals surface area contributed by atoms with Crippen molar-refractivity contribution in [2.45, 2.75) is 31.7 Å². The highest BCUT2D eigenvalue weighted by Gasteiger charge is 2.31.